The van der Waals surface area contributed by atoms with E-state index in [0.717, 1.165) is 48.7 Å². The quantitative estimate of drug-likeness (QED) is 0.301. The number of benzene rings is 2. The molecule has 0 spiro atoms. The van der Waals surface area contributed by atoms with Crippen LogP contribution in [-0.4, -0.2) is 51.0 Å². The van der Waals surface area contributed by atoms with Gasteiger partial charge in [-0.3, -0.25) is 4.79 Å². The topological polar surface area (TPSA) is 35.6 Å². The highest BCUT2D eigenvalue weighted by molar-refractivity contribution is 6.07. The summed E-state index contributed by atoms with van der Waals surface area (Å²) in [4.78, 5) is 17.5. The molecule has 0 aliphatic heterocycles. The van der Waals surface area contributed by atoms with Crippen LogP contribution in [0.15, 0.2) is 54.6 Å². The number of hydrogen-bond acceptors (Lipinski definition) is 4. The molecule has 0 bridgehead atoms. The maximum Gasteiger partial charge on any atom is 0.185 e. The van der Waals surface area contributed by atoms with Gasteiger partial charge in [0.25, 0.3) is 0 Å². The number of likely N-dealkylation sites (N-methyl/N-ethyl adjacent to an activating group) is 1. The third kappa shape index (κ3) is 8.58. The molecule has 4 heteroatoms. The summed E-state index contributed by atoms with van der Waals surface area (Å²) in [6, 6.07) is 16.2. The van der Waals surface area contributed by atoms with Crippen molar-refractivity contribution in [2.45, 2.75) is 39.5 Å². The van der Waals surface area contributed by atoms with Crippen molar-refractivity contribution in [3.8, 4) is 0 Å². The number of carbonyl (C=O) groups is 1. The number of ketones is 1. The highest BCUT2D eigenvalue weighted by Gasteiger charge is 2.09. The molecule has 0 saturated heterocycles. The van der Waals surface area contributed by atoms with Crippen molar-refractivity contribution in [2.75, 3.05) is 50.5 Å². The SMILES string of the molecule is CCCCN(CCCC)c1cccc(C(=O)/C=C/c2ccccc2NCCN(C)C)c1. The molecule has 4 nitrogen and oxygen atoms in total. The van der Waals surface area contributed by atoms with Crippen LogP contribution in [0.25, 0.3) is 6.08 Å². The number of allylic oxidation sites excluding steroid dienone is 1. The molecule has 168 valence electrons. The predicted molar refractivity (Wildman–Crippen MR) is 135 cm³/mol. The standard InChI is InChI=1S/C27H39N3O/c1-5-7-19-30(20-8-6-2)25-14-11-13-24(22-25)27(31)17-16-23-12-9-10-15-26(23)28-18-21-29(3)4/h9-17,22,28H,5-8,18-21H2,1-4H3/b17-16+. The fraction of sp³-hybridized carbons (Fsp3) is 0.444. The van der Waals surface area contributed by atoms with Gasteiger partial charge in [0.2, 0.25) is 0 Å². The van der Waals surface area contributed by atoms with Crippen molar-refractivity contribution in [1.29, 1.82) is 0 Å². The Kier molecular flexibility index (Phi) is 10.9. The van der Waals surface area contributed by atoms with Gasteiger partial charge in [-0.25, -0.2) is 0 Å². The van der Waals surface area contributed by atoms with E-state index >= 15 is 0 Å². The second kappa shape index (κ2) is 13.7. The molecule has 1 N–H and O–H groups in total. The van der Waals surface area contributed by atoms with Crippen LogP contribution < -0.4 is 10.2 Å². The maximum atomic E-state index is 12.9. The average molecular weight is 422 g/mol. The Hall–Kier alpha value is -2.59. The predicted octanol–water partition coefficient (Wildman–Crippen LogP) is 5.96. The highest BCUT2D eigenvalue weighted by Crippen LogP contribution is 2.20. The van der Waals surface area contributed by atoms with Crippen LogP contribution in [0.5, 0.6) is 0 Å². The van der Waals surface area contributed by atoms with Crippen molar-refractivity contribution in [2.24, 2.45) is 0 Å². The van der Waals surface area contributed by atoms with Crippen LogP contribution in [0, 0.1) is 0 Å². The molecule has 0 unspecified atom stereocenters. The van der Waals surface area contributed by atoms with E-state index in [1.807, 2.05) is 42.5 Å². The van der Waals surface area contributed by atoms with Gasteiger partial charge >= 0.3 is 0 Å². The van der Waals surface area contributed by atoms with Crippen LogP contribution >= 0.6 is 0 Å². The third-order valence-electron chi connectivity index (χ3n) is 5.31. The molecule has 0 aromatic heterocycles. The Morgan fingerprint density at radius 2 is 1.65 bits per heavy atom. The van der Waals surface area contributed by atoms with E-state index in [9.17, 15) is 4.79 Å². The van der Waals surface area contributed by atoms with E-state index in [0.29, 0.717) is 0 Å². The molecule has 0 saturated carbocycles. The monoisotopic (exact) mass is 421 g/mol. The molecule has 0 heterocycles. The first-order valence-electron chi connectivity index (χ1n) is 11.6. The first kappa shape index (κ1) is 24.7. The number of unbranched alkanes of at least 4 members (excludes halogenated alkanes) is 2. The number of hydrogen-bond donors (Lipinski definition) is 1. The Labute approximate surface area is 189 Å². The zero-order chi connectivity index (χ0) is 22.5. The van der Waals surface area contributed by atoms with Gasteiger partial charge in [0.1, 0.15) is 0 Å². The minimum atomic E-state index is 0.0378. The van der Waals surface area contributed by atoms with E-state index in [-0.39, 0.29) is 5.78 Å². The van der Waals surface area contributed by atoms with Gasteiger partial charge in [-0.15, -0.1) is 0 Å². The molecular formula is C27H39N3O. The fourth-order valence-electron chi connectivity index (χ4n) is 3.40. The molecule has 0 atom stereocenters. The number of para-hydroxylation sites is 1. The summed E-state index contributed by atoms with van der Waals surface area (Å²) in [6.45, 7) is 8.33. The number of nitrogens with one attached hydrogen (secondary N) is 1. The molecule has 2 aromatic carbocycles. The van der Waals surface area contributed by atoms with Crippen LogP contribution in [-0.2, 0) is 0 Å². The molecular weight excluding hydrogens is 382 g/mol. The van der Waals surface area contributed by atoms with Gasteiger partial charge in [-0.1, -0.05) is 57.0 Å². The smallest absolute Gasteiger partial charge is 0.185 e. The van der Waals surface area contributed by atoms with Crippen molar-refractivity contribution in [3.05, 3.63) is 65.7 Å². The second-order valence-corrected chi connectivity index (χ2v) is 8.26. The van der Waals surface area contributed by atoms with Gasteiger partial charge in [0.05, 0.1) is 0 Å². The highest BCUT2D eigenvalue weighted by atomic mass is 16.1. The lowest BCUT2D eigenvalue weighted by Crippen LogP contribution is -2.25. The van der Waals surface area contributed by atoms with Gasteiger partial charge < -0.3 is 15.1 Å². The van der Waals surface area contributed by atoms with E-state index in [2.05, 4.69) is 55.2 Å². The van der Waals surface area contributed by atoms with Crippen molar-refractivity contribution < 1.29 is 4.79 Å². The Morgan fingerprint density at radius 3 is 2.32 bits per heavy atom. The van der Waals surface area contributed by atoms with Crippen molar-refractivity contribution in [1.82, 2.24) is 4.90 Å². The van der Waals surface area contributed by atoms with Gasteiger partial charge in [0, 0.05) is 43.1 Å². The molecule has 0 radical (unpaired) electrons. The van der Waals surface area contributed by atoms with E-state index < -0.39 is 0 Å². The van der Waals surface area contributed by atoms with Crippen molar-refractivity contribution in [3.63, 3.8) is 0 Å². The summed E-state index contributed by atoms with van der Waals surface area (Å²) < 4.78 is 0. The van der Waals surface area contributed by atoms with E-state index in [1.165, 1.54) is 25.7 Å². The summed E-state index contributed by atoms with van der Waals surface area (Å²) in [7, 11) is 4.12. The Bertz CT molecular complexity index is 821. The summed E-state index contributed by atoms with van der Waals surface area (Å²) in [5.74, 6) is 0.0378. The zero-order valence-electron chi connectivity index (χ0n) is 19.7. The lowest BCUT2D eigenvalue weighted by Gasteiger charge is -2.25. The summed E-state index contributed by atoms with van der Waals surface area (Å²) in [6.07, 6.45) is 8.28. The van der Waals surface area contributed by atoms with Crippen LogP contribution in [0.4, 0.5) is 11.4 Å². The first-order valence-corrected chi connectivity index (χ1v) is 11.6. The summed E-state index contributed by atoms with van der Waals surface area (Å²) >= 11 is 0. The molecule has 2 rings (SSSR count). The van der Waals surface area contributed by atoms with Crippen LogP contribution in [0.3, 0.4) is 0 Å². The molecule has 0 aliphatic rings. The fourth-order valence-corrected chi connectivity index (χ4v) is 3.40. The molecule has 31 heavy (non-hydrogen) atoms. The number of carbonyl (C=O) groups excluding carboxylic acids is 1. The lowest BCUT2D eigenvalue weighted by atomic mass is 10.1. The van der Waals surface area contributed by atoms with E-state index in [4.69, 9.17) is 0 Å². The Balaban J connectivity index is 2.12. The third-order valence-corrected chi connectivity index (χ3v) is 5.31. The van der Waals surface area contributed by atoms with Crippen molar-refractivity contribution >= 4 is 23.2 Å². The van der Waals surface area contributed by atoms with E-state index in [1.54, 1.807) is 6.08 Å². The largest absolute Gasteiger partial charge is 0.383 e. The van der Waals surface area contributed by atoms with Gasteiger partial charge in [-0.2, -0.15) is 0 Å². The minimum absolute atomic E-state index is 0.0378. The minimum Gasteiger partial charge on any atom is -0.383 e. The Morgan fingerprint density at radius 1 is 0.935 bits per heavy atom. The molecule has 2 aromatic rings. The average Bonchev–Trinajstić information content (AvgIpc) is 2.78. The number of nitrogens with zero attached hydrogens (tertiary/aromatic N) is 2. The van der Waals surface area contributed by atoms with Crippen LogP contribution in [0.2, 0.25) is 0 Å². The normalized spacial score (nSPS) is 11.3. The summed E-state index contributed by atoms with van der Waals surface area (Å²) in [5, 5.41) is 3.46. The number of rotatable bonds is 14. The molecule has 0 fully saturated rings. The zero-order valence-corrected chi connectivity index (χ0v) is 19.7. The first-order chi connectivity index (χ1) is 15.0. The van der Waals surface area contributed by atoms with Gasteiger partial charge in [-0.05, 0) is 62.9 Å². The maximum absolute atomic E-state index is 12.9. The lowest BCUT2D eigenvalue weighted by molar-refractivity contribution is 0.104. The van der Waals surface area contributed by atoms with Gasteiger partial charge in [0.15, 0.2) is 5.78 Å². The second-order valence-electron chi connectivity index (χ2n) is 8.26. The summed E-state index contributed by atoms with van der Waals surface area (Å²) in [5.41, 5.74) is 3.96. The molecule has 0 aliphatic carbocycles. The van der Waals surface area contributed by atoms with Crippen LogP contribution in [0.1, 0.15) is 55.5 Å². The molecule has 0 amide bonds. The number of anilines is 2.